The van der Waals surface area contributed by atoms with E-state index in [1.807, 2.05) is 18.2 Å². The summed E-state index contributed by atoms with van der Waals surface area (Å²) < 4.78 is 11.3. The van der Waals surface area contributed by atoms with Gasteiger partial charge in [-0.2, -0.15) is 10.2 Å². The van der Waals surface area contributed by atoms with Crippen molar-refractivity contribution in [3.05, 3.63) is 47.8 Å². The van der Waals surface area contributed by atoms with E-state index in [1.165, 1.54) is 12.4 Å². The second kappa shape index (κ2) is 6.11. The van der Waals surface area contributed by atoms with E-state index in [0.29, 0.717) is 18.8 Å². The summed E-state index contributed by atoms with van der Waals surface area (Å²) in [4.78, 5) is 12.6. The molecule has 0 spiro atoms. The molecule has 6 nitrogen and oxygen atoms in total. The molecule has 24 heavy (non-hydrogen) atoms. The lowest BCUT2D eigenvalue weighted by Crippen LogP contribution is -2.44. The summed E-state index contributed by atoms with van der Waals surface area (Å²) in [5, 5.41) is 10.7. The topological polar surface area (TPSA) is 73.3 Å². The summed E-state index contributed by atoms with van der Waals surface area (Å²) in [6.45, 7) is 1.13. The molecule has 1 N–H and O–H groups in total. The number of amides is 1. The van der Waals surface area contributed by atoms with Crippen LogP contribution in [0.3, 0.4) is 0 Å². The molecule has 0 atom stereocenters. The first-order chi connectivity index (χ1) is 11.8. The lowest BCUT2D eigenvalue weighted by atomic mass is 9.87. The van der Waals surface area contributed by atoms with Gasteiger partial charge in [-0.3, -0.25) is 4.79 Å². The molecule has 4 rings (SSSR count). The Morgan fingerprint density at radius 3 is 2.58 bits per heavy atom. The Morgan fingerprint density at radius 1 is 1.04 bits per heavy atom. The molecule has 0 saturated heterocycles. The van der Waals surface area contributed by atoms with Gasteiger partial charge in [0, 0.05) is 0 Å². The Balaban J connectivity index is 1.65. The molecule has 1 amide bonds. The number of aromatic nitrogens is 2. The number of carbonyl (C=O) groups excluding carboxylic acids is 1. The molecule has 1 aliphatic heterocycles. The second-order valence-electron chi connectivity index (χ2n) is 6.23. The number of fused-ring (bicyclic) bond motifs is 1. The molecule has 2 aromatic rings. The van der Waals surface area contributed by atoms with Crippen LogP contribution in [0.4, 0.5) is 0 Å². The number of hydrogen-bond donors (Lipinski definition) is 1. The van der Waals surface area contributed by atoms with Crippen molar-refractivity contribution in [2.24, 2.45) is 0 Å². The van der Waals surface area contributed by atoms with Crippen LogP contribution in [0.5, 0.6) is 11.5 Å². The van der Waals surface area contributed by atoms with Crippen LogP contribution in [0.1, 0.15) is 41.6 Å². The molecular weight excluding hydrogens is 306 g/mol. The van der Waals surface area contributed by atoms with Crippen LogP contribution in [-0.4, -0.2) is 29.3 Å². The minimum atomic E-state index is -0.365. The van der Waals surface area contributed by atoms with Crippen LogP contribution in [-0.2, 0) is 5.54 Å². The van der Waals surface area contributed by atoms with Crippen LogP contribution in [0.2, 0.25) is 0 Å². The van der Waals surface area contributed by atoms with E-state index < -0.39 is 0 Å². The summed E-state index contributed by atoms with van der Waals surface area (Å²) in [6, 6.07) is 7.65. The first-order valence-electron chi connectivity index (χ1n) is 8.26. The lowest BCUT2D eigenvalue weighted by molar-refractivity contribution is 0.0897. The van der Waals surface area contributed by atoms with E-state index >= 15 is 0 Å². The minimum Gasteiger partial charge on any atom is -0.486 e. The quantitative estimate of drug-likeness (QED) is 0.938. The molecule has 2 heterocycles. The molecular formula is C18H19N3O3. The lowest BCUT2D eigenvalue weighted by Gasteiger charge is -2.32. The van der Waals surface area contributed by atoms with Gasteiger partial charge in [0.25, 0.3) is 5.91 Å². The molecule has 6 heteroatoms. The van der Waals surface area contributed by atoms with Crippen molar-refractivity contribution in [2.75, 3.05) is 13.2 Å². The van der Waals surface area contributed by atoms with Crippen LogP contribution in [0, 0.1) is 0 Å². The van der Waals surface area contributed by atoms with Gasteiger partial charge in [-0.1, -0.05) is 18.9 Å². The van der Waals surface area contributed by atoms with Crippen LogP contribution < -0.4 is 14.8 Å². The highest BCUT2D eigenvalue weighted by molar-refractivity contribution is 5.94. The Labute approximate surface area is 140 Å². The Morgan fingerprint density at radius 2 is 1.83 bits per heavy atom. The van der Waals surface area contributed by atoms with Gasteiger partial charge in [0.15, 0.2) is 11.5 Å². The molecule has 1 aromatic carbocycles. The average molecular weight is 325 g/mol. The highest BCUT2D eigenvalue weighted by atomic mass is 16.6. The van der Waals surface area contributed by atoms with Crippen molar-refractivity contribution in [1.29, 1.82) is 0 Å². The molecule has 1 aromatic heterocycles. The standard InChI is InChI=1S/C18H19N3O3/c22-17(13-5-8-19-20-12-13)21-18(6-1-2-7-18)14-3-4-15-16(11-14)24-10-9-23-15/h3-5,8,11-12H,1-2,6-7,9-10H2,(H,21,22). The molecule has 1 fully saturated rings. The molecule has 0 bridgehead atoms. The third-order valence-corrected chi connectivity index (χ3v) is 4.75. The number of hydrogen-bond acceptors (Lipinski definition) is 5. The zero-order chi connectivity index (χ0) is 16.4. The highest BCUT2D eigenvalue weighted by Crippen LogP contribution is 2.42. The van der Waals surface area contributed by atoms with Gasteiger partial charge < -0.3 is 14.8 Å². The predicted octanol–water partition coefficient (Wildman–Crippen LogP) is 2.45. The maximum Gasteiger partial charge on any atom is 0.253 e. The number of nitrogens with zero attached hydrogens (tertiary/aromatic N) is 2. The van der Waals surface area contributed by atoms with Crippen molar-refractivity contribution < 1.29 is 14.3 Å². The molecule has 1 saturated carbocycles. The Hall–Kier alpha value is -2.63. The number of carbonyl (C=O) groups is 1. The molecule has 124 valence electrons. The fraction of sp³-hybridized carbons (Fsp3) is 0.389. The molecule has 0 radical (unpaired) electrons. The number of rotatable bonds is 3. The predicted molar refractivity (Wildman–Crippen MR) is 87.1 cm³/mol. The van der Waals surface area contributed by atoms with Crippen molar-refractivity contribution in [3.8, 4) is 11.5 Å². The smallest absolute Gasteiger partial charge is 0.253 e. The van der Waals surface area contributed by atoms with E-state index in [-0.39, 0.29) is 11.4 Å². The van der Waals surface area contributed by atoms with Gasteiger partial charge in [-0.15, -0.1) is 0 Å². The largest absolute Gasteiger partial charge is 0.486 e. The highest BCUT2D eigenvalue weighted by Gasteiger charge is 2.38. The van der Waals surface area contributed by atoms with E-state index in [9.17, 15) is 4.79 Å². The average Bonchev–Trinajstić information content (AvgIpc) is 3.11. The Bertz CT molecular complexity index is 742. The number of benzene rings is 1. The third kappa shape index (κ3) is 2.68. The van der Waals surface area contributed by atoms with Gasteiger partial charge in [-0.05, 0) is 36.6 Å². The number of nitrogens with one attached hydrogen (secondary N) is 1. The van der Waals surface area contributed by atoms with Gasteiger partial charge in [0.2, 0.25) is 0 Å². The Kier molecular flexibility index (Phi) is 3.80. The van der Waals surface area contributed by atoms with Gasteiger partial charge in [0.05, 0.1) is 23.5 Å². The SMILES string of the molecule is O=C(NC1(c2ccc3c(c2)OCCO3)CCCC1)c1ccnnc1. The van der Waals surface area contributed by atoms with Crippen molar-refractivity contribution in [1.82, 2.24) is 15.5 Å². The van der Waals surface area contributed by atoms with Crippen LogP contribution in [0.15, 0.2) is 36.7 Å². The summed E-state index contributed by atoms with van der Waals surface area (Å²) in [7, 11) is 0. The summed E-state index contributed by atoms with van der Waals surface area (Å²) in [6.07, 6.45) is 7.02. The molecule has 2 aliphatic rings. The first kappa shape index (κ1) is 14.9. The summed E-state index contributed by atoms with van der Waals surface area (Å²) in [5.74, 6) is 1.40. The maximum absolute atomic E-state index is 12.6. The zero-order valence-electron chi connectivity index (χ0n) is 13.3. The van der Waals surface area contributed by atoms with Gasteiger partial charge >= 0.3 is 0 Å². The van der Waals surface area contributed by atoms with Gasteiger partial charge in [0.1, 0.15) is 13.2 Å². The van der Waals surface area contributed by atoms with Gasteiger partial charge in [-0.25, -0.2) is 0 Å². The summed E-state index contributed by atoms with van der Waals surface area (Å²) in [5.41, 5.74) is 1.23. The van der Waals surface area contributed by atoms with Crippen molar-refractivity contribution >= 4 is 5.91 Å². The van der Waals surface area contributed by atoms with E-state index in [0.717, 1.165) is 42.7 Å². The van der Waals surface area contributed by atoms with Crippen LogP contribution in [0.25, 0.3) is 0 Å². The fourth-order valence-electron chi connectivity index (χ4n) is 3.52. The monoisotopic (exact) mass is 325 g/mol. The van der Waals surface area contributed by atoms with Crippen molar-refractivity contribution in [3.63, 3.8) is 0 Å². The fourth-order valence-corrected chi connectivity index (χ4v) is 3.52. The normalized spacial score (nSPS) is 18.2. The first-order valence-corrected chi connectivity index (χ1v) is 8.26. The van der Waals surface area contributed by atoms with E-state index in [1.54, 1.807) is 6.07 Å². The second-order valence-corrected chi connectivity index (χ2v) is 6.23. The number of ether oxygens (including phenoxy) is 2. The zero-order valence-corrected chi connectivity index (χ0v) is 13.3. The maximum atomic E-state index is 12.6. The third-order valence-electron chi connectivity index (χ3n) is 4.75. The van der Waals surface area contributed by atoms with E-state index in [4.69, 9.17) is 9.47 Å². The molecule has 1 aliphatic carbocycles. The summed E-state index contributed by atoms with van der Waals surface area (Å²) >= 11 is 0. The minimum absolute atomic E-state index is 0.123. The van der Waals surface area contributed by atoms with Crippen LogP contribution >= 0.6 is 0 Å². The van der Waals surface area contributed by atoms with E-state index in [2.05, 4.69) is 15.5 Å². The molecule has 0 unspecified atom stereocenters. The van der Waals surface area contributed by atoms with Crippen molar-refractivity contribution in [2.45, 2.75) is 31.2 Å².